The van der Waals surface area contributed by atoms with Gasteiger partial charge in [0.2, 0.25) is 0 Å². The lowest BCUT2D eigenvalue weighted by Crippen LogP contribution is -2.50. The van der Waals surface area contributed by atoms with Crippen LogP contribution in [0, 0.1) is 23.7 Å². The number of hydrogen-bond donors (Lipinski definition) is 3. The van der Waals surface area contributed by atoms with E-state index in [2.05, 4.69) is 96.3 Å². The Hall–Kier alpha value is -7.18. The lowest BCUT2D eigenvalue weighted by atomic mass is 9.52. The summed E-state index contributed by atoms with van der Waals surface area (Å²) in [6.45, 7) is 0.978. The number of carboxylic acid groups (broad SMARTS) is 2. The maximum absolute atomic E-state index is 13.1. The first-order valence-corrected chi connectivity index (χ1v) is 21.5. The molecule has 8 aromatic carbocycles. The summed E-state index contributed by atoms with van der Waals surface area (Å²) in [4.78, 5) is 26.0. The highest BCUT2D eigenvalue weighted by molar-refractivity contribution is 5.98. The molecule has 3 N–H and O–H groups in total. The molecule has 0 heterocycles. The summed E-state index contributed by atoms with van der Waals surface area (Å²) in [7, 11) is 0. The third-order valence-corrected chi connectivity index (χ3v) is 13.7. The molecule has 1 unspecified atom stereocenters. The van der Waals surface area contributed by atoms with Gasteiger partial charge in [-0.05, 0) is 68.3 Å². The Balaban J connectivity index is 0.955. The average molecular weight is 814 g/mol. The fourth-order valence-corrected chi connectivity index (χ4v) is 10.8. The number of rotatable bonds is 13. The third kappa shape index (κ3) is 7.15. The Morgan fingerprint density at radius 1 is 0.452 bits per heavy atom. The van der Waals surface area contributed by atoms with E-state index in [1.54, 1.807) is 0 Å². The van der Waals surface area contributed by atoms with Crippen LogP contribution in [0.2, 0.25) is 0 Å². The summed E-state index contributed by atoms with van der Waals surface area (Å²) >= 11 is 0. The van der Waals surface area contributed by atoms with Crippen molar-refractivity contribution < 1.29 is 24.5 Å². The molecule has 6 heteroatoms. The number of hydrogen-bond acceptors (Lipinski definition) is 4. The molecule has 6 atom stereocenters. The lowest BCUT2D eigenvalue weighted by molar-refractivity contribution is -0.151. The fourth-order valence-electron chi connectivity index (χ4n) is 10.8. The van der Waals surface area contributed by atoms with E-state index < -0.39 is 23.8 Å². The summed E-state index contributed by atoms with van der Waals surface area (Å²) in [5.74, 6) is -2.65. The van der Waals surface area contributed by atoms with Crippen molar-refractivity contribution in [1.29, 1.82) is 0 Å². The summed E-state index contributed by atoms with van der Waals surface area (Å²) in [6, 6.07) is 65.5. The average Bonchev–Trinajstić information content (AvgIpc) is 3.29. The van der Waals surface area contributed by atoms with Gasteiger partial charge in [-0.2, -0.15) is 0 Å². The Morgan fingerprint density at radius 3 is 1.48 bits per heavy atom. The van der Waals surface area contributed by atoms with Gasteiger partial charge in [-0.25, -0.2) is 0 Å². The normalized spacial score (nSPS) is 22.9. The maximum atomic E-state index is 13.1. The predicted octanol–water partition coefficient (Wildman–Crippen LogP) is 12.2. The number of carbonyl (C=O) groups is 2. The van der Waals surface area contributed by atoms with E-state index in [0.717, 1.165) is 66.4 Å². The van der Waals surface area contributed by atoms with Crippen molar-refractivity contribution in [1.82, 2.24) is 0 Å². The molecule has 0 radical (unpaired) electrons. The number of benzene rings is 8. The van der Waals surface area contributed by atoms with Crippen molar-refractivity contribution in [3.05, 3.63) is 216 Å². The molecule has 2 fully saturated rings. The van der Waals surface area contributed by atoms with Crippen molar-refractivity contribution >= 4 is 39.2 Å². The summed E-state index contributed by atoms with van der Waals surface area (Å²) in [5, 5.41) is 29.4. The number of aliphatic carboxylic acids is 2. The largest absolute Gasteiger partial charge is 0.493 e. The van der Waals surface area contributed by atoms with E-state index in [0.29, 0.717) is 13.2 Å². The summed E-state index contributed by atoms with van der Waals surface area (Å²) in [5.41, 5.74) is 7.14. The number of nitrogens with one attached hydrogen (secondary N) is 1. The second-order valence-electron chi connectivity index (χ2n) is 16.9. The molecule has 0 bridgehead atoms. The van der Waals surface area contributed by atoms with Crippen LogP contribution in [0.15, 0.2) is 194 Å². The van der Waals surface area contributed by atoms with Crippen LogP contribution >= 0.6 is 0 Å². The van der Waals surface area contributed by atoms with Gasteiger partial charge in [-0.1, -0.05) is 176 Å². The van der Waals surface area contributed by atoms with Crippen LogP contribution in [-0.2, 0) is 9.59 Å². The molecule has 6 nitrogen and oxygen atoms in total. The van der Waals surface area contributed by atoms with E-state index in [-0.39, 0.29) is 35.5 Å². The Labute approximate surface area is 361 Å². The predicted molar refractivity (Wildman–Crippen MR) is 247 cm³/mol. The van der Waals surface area contributed by atoms with E-state index in [9.17, 15) is 19.8 Å². The molecular formula is C56H47NO5. The first-order valence-electron chi connectivity index (χ1n) is 21.5. The lowest BCUT2D eigenvalue weighted by Gasteiger charge is -2.51. The molecule has 2 saturated carbocycles. The molecule has 0 aromatic heterocycles. The first kappa shape index (κ1) is 39.0. The molecule has 62 heavy (non-hydrogen) atoms. The smallest absolute Gasteiger partial charge is 0.307 e. The topological polar surface area (TPSA) is 95.9 Å². The monoisotopic (exact) mass is 813 g/mol. The van der Waals surface area contributed by atoms with Gasteiger partial charge in [-0.3, -0.25) is 9.59 Å². The fraction of sp³-hybridized carbons (Fsp3) is 0.179. The first-order chi connectivity index (χ1) is 30.4. The van der Waals surface area contributed by atoms with E-state index in [1.165, 1.54) is 0 Å². The van der Waals surface area contributed by atoms with Crippen LogP contribution in [0.1, 0.15) is 45.9 Å². The van der Waals surface area contributed by atoms with Gasteiger partial charge in [0.15, 0.2) is 0 Å². The minimum absolute atomic E-state index is 0.0458. The standard InChI is InChI=1S/C56H47NO5/c58-55(59)53-49(37-16-4-1-5-17-37)45(50(53)38-18-6-2-7-19-38)33-57-47-32-42(31-41-22-11-12-24-43(41)47)35-27-29-40(30-28-35)52-46(51(54(52)56(60)61)39-20-8-3-9-21-39)34-62-48-26-14-23-36-15-10-13-25-44(36)48/h1-32,45-46,49-54,57H,33-34H2,(H,58,59)(H,60,61)/t45-,46?,49-,50-,51-,52-,53+,54-/m1/s1. The van der Waals surface area contributed by atoms with Gasteiger partial charge in [0.1, 0.15) is 5.75 Å². The quantitative estimate of drug-likeness (QED) is 0.107. The third-order valence-electron chi connectivity index (χ3n) is 13.7. The SMILES string of the molecule is O=C(O)[C@@H]1[C@H](c2ccccc2)C(COc2cccc3ccccc23)[C@H]1c1ccc(-c2cc(NC[C@H]3[C@@H](c4ccccc4)[C@@H](C(=O)O)[C@@H]3c3ccccc3)c3ccccc3c2)cc1. The molecule has 0 aliphatic heterocycles. The van der Waals surface area contributed by atoms with Crippen molar-refractivity contribution in [2.75, 3.05) is 18.5 Å². The van der Waals surface area contributed by atoms with Gasteiger partial charge >= 0.3 is 11.9 Å². The van der Waals surface area contributed by atoms with Crippen LogP contribution in [0.5, 0.6) is 5.75 Å². The Morgan fingerprint density at radius 2 is 0.919 bits per heavy atom. The van der Waals surface area contributed by atoms with Gasteiger partial charge in [0.05, 0.1) is 18.4 Å². The van der Waals surface area contributed by atoms with Crippen molar-refractivity contribution in [3.8, 4) is 16.9 Å². The summed E-state index contributed by atoms with van der Waals surface area (Å²) in [6.07, 6.45) is 0. The van der Waals surface area contributed by atoms with Crippen molar-refractivity contribution in [2.45, 2.75) is 23.7 Å². The van der Waals surface area contributed by atoms with Crippen LogP contribution in [0.3, 0.4) is 0 Å². The van der Waals surface area contributed by atoms with E-state index in [4.69, 9.17) is 4.74 Å². The maximum Gasteiger partial charge on any atom is 0.307 e. The zero-order valence-corrected chi connectivity index (χ0v) is 34.1. The second-order valence-corrected chi connectivity index (χ2v) is 16.9. The number of anilines is 1. The minimum Gasteiger partial charge on any atom is -0.493 e. The Kier molecular flexibility index (Phi) is 10.5. The van der Waals surface area contributed by atoms with Crippen LogP contribution < -0.4 is 10.1 Å². The number of ether oxygens (including phenoxy) is 1. The number of fused-ring (bicyclic) bond motifs is 2. The van der Waals surface area contributed by atoms with Crippen LogP contribution in [-0.4, -0.2) is 35.3 Å². The van der Waals surface area contributed by atoms with Crippen LogP contribution in [0.4, 0.5) is 5.69 Å². The van der Waals surface area contributed by atoms with Gasteiger partial charge < -0.3 is 20.3 Å². The van der Waals surface area contributed by atoms with Gasteiger partial charge in [-0.15, -0.1) is 0 Å². The van der Waals surface area contributed by atoms with E-state index in [1.807, 2.05) is 103 Å². The molecule has 10 rings (SSSR count). The number of carboxylic acids is 2. The highest BCUT2D eigenvalue weighted by Crippen LogP contribution is 2.59. The molecule has 2 aliphatic carbocycles. The molecule has 2 aliphatic rings. The van der Waals surface area contributed by atoms with Crippen molar-refractivity contribution in [3.63, 3.8) is 0 Å². The molecule has 8 aromatic rings. The molecule has 0 spiro atoms. The Bertz CT molecular complexity index is 2810. The van der Waals surface area contributed by atoms with Crippen LogP contribution in [0.25, 0.3) is 32.7 Å². The highest BCUT2D eigenvalue weighted by atomic mass is 16.5. The minimum atomic E-state index is -0.801. The van der Waals surface area contributed by atoms with Gasteiger partial charge in [0.25, 0.3) is 0 Å². The molecule has 306 valence electrons. The van der Waals surface area contributed by atoms with Gasteiger partial charge in [0, 0.05) is 52.6 Å². The molecule has 0 amide bonds. The van der Waals surface area contributed by atoms with Crippen molar-refractivity contribution in [2.24, 2.45) is 23.7 Å². The molecular weight excluding hydrogens is 767 g/mol. The highest BCUT2D eigenvalue weighted by Gasteiger charge is 2.56. The molecule has 0 saturated heterocycles. The van der Waals surface area contributed by atoms with E-state index >= 15 is 0 Å². The zero-order chi connectivity index (χ0) is 42.2. The zero-order valence-electron chi connectivity index (χ0n) is 34.1. The second kappa shape index (κ2) is 16.7. The summed E-state index contributed by atoms with van der Waals surface area (Å²) < 4.78 is 6.61.